The lowest BCUT2D eigenvalue weighted by atomic mass is 10.2. The van der Waals surface area contributed by atoms with E-state index in [9.17, 15) is 0 Å². The number of thiazole rings is 1. The molecule has 2 N–H and O–H groups in total. The molecule has 1 aromatic heterocycles. The van der Waals surface area contributed by atoms with Crippen molar-refractivity contribution in [1.82, 2.24) is 9.88 Å². The van der Waals surface area contributed by atoms with Gasteiger partial charge in [0.1, 0.15) is 12.4 Å². The number of benzene rings is 2. The first-order valence-corrected chi connectivity index (χ1v) is 10.5. The minimum atomic E-state index is 0.588. The van der Waals surface area contributed by atoms with Gasteiger partial charge in [0.05, 0.1) is 5.69 Å². The van der Waals surface area contributed by atoms with Crippen LogP contribution >= 0.6 is 11.3 Å². The second-order valence-electron chi connectivity index (χ2n) is 6.97. The molecule has 4 nitrogen and oxygen atoms in total. The first-order valence-electron chi connectivity index (χ1n) is 9.66. The molecule has 0 radical (unpaired) electrons. The van der Waals surface area contributed by atoms with Gasteiger partial charge in [-0.3, -0.25) is 4.90 Å². The largest absolute Gasteiger partial charge is 0.489 e. The van der Waals surface area contributed by atoms with Gasteiger partial charge in [0.25, 0.3) is 0 Å². The molecule has 28 heavy (non-hydrogen) atoms. The van der Waals surface area contributed by atoms with Crippen molar-refractivity contribution >= 4 is 22.5 Å². The highest BCUT2D eigenvalue weighted by atomic mass is 32.1. The molecular formula is C23H25N3OS. The highest BCUT2D eigenvalue weighted by Gasteiger charge is 2.16. The van der Waals surface area contributed by atoms with Crippen LogP contribution < -0.4 is 10.5 Å². The lowest BCUT2D eigenvalue weighted by Gasteiger charge is -2.17. The molecule has 3 aromatic rings. The third-order valence-corrected chi connectivity index (χ3v) is 5.88. The van der Waals surface area contributed by atoms with Crippen molar-refractivity contribution in [2.75, 3.05) is 25.4 Å². The molecule has 0 spiro atoms. The summed E-state index contributed by atoms with van der Waals surface area (Å²) in [5.74, 6) is 0.897. The quantitative estimate of drug-likeness (QED) is 0.676. The predicted molar refractivity (Wildman–Crippen MR) is 117 cm³/mol. The van der Waals surface area contributed by atoms with Gasteiger partial charge in [0, 0.05) is 30.9 Å². The van der Waals surface area contributed by atoms with Crippen molar-refractivity contribution in [3.05, 3.63) is 82.4 Å². The third kappa shape index (κ3) is 5.00. The van der Waals surface area contributed by atoms with E-state index in [0.29, 0.717) is 11.7 Å². The van der Waals surface area contributed by atoms with E-state index in [4.69, 9.17) is 10.5 Å². The molecule has 0 amide bonds. The Kier molecular flexibility index (Phi) is 6.04. The molecule has 4 rings (SSSR count). The number of hydrogen-bond acceptors (Lipinski definition) is 5. The minimum Gasteiger partial charge on any atom is -0.489 e. The summed E-state index contributed by atoms with van der Waals surface area (Å²) in [6, 6.07) is 18.5. The minimum absolute atomic E-state index is 0.588. The molecule has 1 aliphatic heterocycles. The molecular weight excluding hydrogens is 366 g/mol. The number of aromatic nitrogens is 1. The van der Waals surface area contributed by atoms with Crippen LogP contribution in [0.15, 0.2) is 60.7 Å². The molecule has 0 saturated heterocycles. The Hall–Kier alpha value is -2.63. The number of nitrogens with zero attached hydrogens (tertiary/aromatic N) is 2. The number of rotatable bonds is 6. The van der Waals surface area contributed by atoms with E-state index in [0.717, 1.165) is 43.8 Å². The number of fused-ring (bicyclic) bond motifs is 1. The van der Waals surface area contributed by atoms with E-state index in [1.165, 1.54) is 16.1 Å². The Bertz CT molecular complexity index is 911. The van der Waals surface area contributed by atoms with Gasteiger partial charge in [-0.25, -0.2) is 4.98 Å². The zero-order chi connectivity index (χ0) is 19.2. The van der Waals surface area contributed by atoms with Crippen molar-refractivity contribution in [3.8, 4) is 5.75 Å². The zero-order valence-electron chi connectivity index (χ0n) is 15.9. The van der Waals surface area contributed by atoms with E-state index in [-0.39, 0.29) is 0 Å². The number of anilines is 1. The first-order chi connectivity index (χ1) is 13.8. The van der Waals surface area contributed by atoms with Crippen molar-refractivity contribution < 1.29 is 4.74 Å². The molecule has 0 bridgehead atoms. The fourth-order valence-corrected chi connectivity index (χ4v) is 4.27. The molecule has 2 heterocycles. The Morgan fingerprint density at radius 2 is 1.93 bits per heavy atom. The van der Waals surface area contributed by atoms with Crippen LogP contribution in [0.3, 0.4) is 0 Å². The van der Waals surface area contributed by atoms with E-state index in [1.807, 2.05) is 30.3 Å². The van der Waals surface area contributed by atoms with Crippen LogP contribution in [0.2, 0.25) is 0 Å². The van der Waals surface area contributed by atoms with Gasteiger partial charge in [0.15, 0.2) is 5.13 Å². The van der Waals surface area contributed by atoms with Gasteiger partial charge in [-0.1, -0.05) is 54.6 Å². The standard InChI is InChI=1S/C23H25N3OS/c24-23-25-21-11-14-26(15-12-22(21)28-23)13-5-9-18-8-4-10-20(16-18)27-17-19-6-2-1-3-7-19/h1-10,16H,11-15,17H2,(H2,24,25)/b9-5+. The van der Waals surface area contributed by atoms with Crippen LogP contribution in [0, 0.1) is 0 Å². The Balaban J connectivity index is 1.29. The van der Waals surface area contributed by atoms with E-state index in [2.05, 4.69) is 46.3 Å². The van der Waals surface area contributed by atoms with Gasteiger partial charge in [-0.2, -0.15) is 0 Å². The smallest absolute Gasteiger partial charge is 0.180 e. The first kappa shape index (κ1) is 18.7. The zero-order valence-corrected chi connectivity index (χ0v) is 16.7. The van der Waals surface area contributed by atoms with Crippen molar-refractivity contribution in [2.45, 2.75) is 19.4 Å². The molecule has 0 fully saturated rings. The topological polar surface area (TPSA) is 51.4 Å². The maximum atomic E-state index is 5.92. The molecule has 2 aromatic carbocycles. The van der Waals surface area contributed by atoms with Gasteiger partial charge in [-0.05, 0) is 29.7 Å². The van der Waals surface area contributed by atoms with Gasteiger partial charge < -0.3 is 10.5 Å². The normalized spacial score (nSPS) is 14.7. The number of ether oxygens (including phenoxy) is 1. The maximum Gasteiger partial charge on any atom is 0.180 e. The second kappa shape index (κ2) is 9.04. The number of hydrogen-bond donors (Lipinski definition) is 1. The summed E-state index contributed by atoms with van der Waals surface area (Å²) in [7, 11) is 0. The summed E-state index contributed by atoms with van der Waals surface area (Å²) in [6.45, 7) is 3.62. The molecule has 0 aliphatic carbocycles. The average molecular weight is 392 g/mol. The SMILES string of the molecule is Nc1nc2c(s1)CCN(C/C=C/c1cccc(OCc3ccccc3)c1)CC2. The van der Waals surface area contributed by atoms with Crippen LogP contribution in [-0.4, -0.2) is 29.5 Å². The number of nitrogen functional groups attached to an aromatic ring is 1. The van der Waals surface area contributed by atoms with Crippen LogP contribution in [0.1, 0.15) is 21.7 Å². The molecule has 5 heteroatoms. The van der Waals surface area contributed by atoms with Crippen molar-refractivity contribution in [2.24, 2.45) is 0 Å². The third-order valence-electron chi connectivity index (χ3n) is 4.90. The lowest BCUT2D eigenvalue weighted by Crippen LogP contribution is -2.26. The Morgan fingerprint density at radius 1 is 1.07 bits per heavy atom. The Labute approximate surface area is 170 Å². The van der Waals surface area contributed by atoms with Crippen molar-refractivity contribution in [3.63, 3.8) is 0 Å². The predicted octanol–water partition coefficient (Wildman–Crippen LogP) is 4.42. The fourth-order valence-electron chi connectivity index (χ4n) is 3.40. The van der Waals surface area contributed by atoms with Crippen LogP contribution in [0.4, 0.5) is 5.13 Å². The Morgan fingerprint density at radius 3 is 2.82 bits per heavy atom. The van der Waals surface area contributed by atoms with Gasteiger partial charge in [0.2, 0.25) is 0 Å². The summed E-state index contributed by atoms with van der Waals surface area (Å²) >= 11 is 1.64. The molecule has 0 saturated carbocycles. The van der Waals surface area contributed by atoms with E-state index < -0.39 is 0 Å². The second-order valence-corrected chi connectivity index (χ2v) is 8.09. The number of nitrogens with two attached hydrogens (primary N) is 1. The summed E-state index contributed by atoms with van der Waals surface area (Å²) < 4.78 is 5.92. The monoisotopic (exact) mass is 391 g/mol. The molecule has 144 valence electrons. The van der Waals surface area contributed by atoms with Crippen LogP contribution in [-0.2, 0) is 19.4 Å². The van der Waals surface area contributed by atoms with Gasteiger partial charge in [-0.15, -0.1) is 11.3 Å². The van der Waals surface area contributed by atoms with E-state index >= 15 is 0 Å². The maximum absolute atomic E-state index is 5.92. The highest BCUT2D eigenvalue weighted by Crippen LogP contribution is 2.24. The fraction of sp³-hybridized carbons (Fsp3) is 0.261. The summed E-state index contributed by atoms with van der Waals surface area (Å²) in [5, 5.41) is 0.702. The summed E-state index contributed by atoms with van der Waals surface area (Å²) in [6.07, 6.45) is 6.43. The van der Waals surface area contributed by atoms with E-state index in [1.54, 1.807) is 11.3 Å². The summed E-state index contributed by atoms with van der Waals surface area (Å²) in [4.78, 5) is 8.28. The van der Waals surface area contributed by atoms with Crippen LogP contribution in [0.5, 0.6) is 5.75 Å². The lowest BCUT2D eigenvalue weighted by molar-refractivity contribution is 0.306. The molecule has 0 atom stereocenters. The highest BCUT2D eigenvalue weighted by molar-refractivity contribution is 7.15. The van der Waals surface area contributed by atoms with Gasteiger partial charge >= 0.3 is 0 Å². The molecule has 1 aliphatic rings. The molecule has 0 unspecified atom stereocenters. The van der Waals surface area contributed by atoms with Crippen molar-refractivity contribution in [1.29, 1.82) is 0 Å². The summed E-state index contributed by atoms with van der Waals surface area (Å²) in [5.41, 5.74) is 9.36. The average Bonchev–Trinajstić information content (AvgIpc) is 2.98. The van der Waals surface area contributed by atoms with Crippen LogP contribution in [0.25, 0.3) is 6.08 Å².